The Balaban J connectivity index is 1.76. The summed E-state index contributed by atoms with van der Waals surface area (Å²) in [6.45, 7) is 2.07. The molecular formula is C12H14N2OS2. The predicted molar refractivity (Wildman–Crippen MR) is 70.5 cm³/mol. The fraction of sp³-hybridized carbons (Fsp3) is 0.500. The molecule has 0 bridgehead atoms. The van der Waals surface area contributed by atoms with Gasteiger partial charge in [-0.15, -0.1) is 21.5 Å². The van der Waals surface area contributed by atoms with Crippen LogP contribution in [0.15, 0.2) is 21.1 Å². The summed E-state index contributed by atoms with van der Waals surface area (Å²) >= 11 is 3.39. The van der Waals surface area contributed by atoms with Crippen LogP contribution in [0.1, 0.15) is 31.2 Å². The van der Waals surface area contributed by atoms with Crippen molar-refractivity contribution in [1.82, 2.24) is 10.2 Å². The minimum Gasteiger partial charge on any atom is -0.410 e. The van der Waals surface area contributed by atoms with E-state index in [2.05, 4.69) is 28.6 Å². The zero-order valence-corrected chi connectivity index (χ0v) is 11.3. The summed E-state index contributed by atoms with van der Waals surface area (Å²) in [6, 6.07) is 2.08. The summed E-state index contributed by atoms with van der Waals surface area (Å²) in [5.74, 6) is 0.665. The number of thioether (sulfide) groups is 1. The molecule has 1 fully saturated rings. The van der Waals surface area contributed by atoms with Crippen LogP contribution in [0.2, 0.25) is 0 Å². The molecule has 2 heterocycles. The molecule has 1 aliphatic carbocycles. The lowest BCUT2D eigenvalue weighted by atomic mass is 10.3. The first-order valence-corrected chi connectivity index (χ1v) is 7.63. The first-order chi connectivity index (χ1) is 8.33. The molecular weight excluding hydrogens is 252 g/mol. The molecule has 1 aliphatic rings. The van der Waals surface area contributed by atoms with Crippen molar-refractivity contribution < 1.29 is 4.42 Å². The SMILES string of the molecule is Cc1ccsc1-c1nnc(SC2CCCC2)o1. The van der Waals surface area contributed by atoms with E-state index >= 15 is 0 Å². The Morgan fingerprint density at radius 2 is 2.18 bits per heavy atom. The van der Waals surface area contributed by atoms with Gasteiger partial charge >= 0.3 is 0 Å². The summed E-state index contributed by atoms with van der Waals surface area (Å²) in [4.78, 5) is 1.09. The Morgan fingerprint density at radius 3 is 2.88 bits per heavy atom. The van der Waals surface area contributed by atoms with E-state index in [1.807, 2.05) is 0 Å². The van der Waals surface area contributed by atoms with E-state index in [9.17, 15) is 0 Å². The van der Waals surface area contributed by atoms with Crippen molar-refractivity contribution in [3.63, 3.8) is 0 Å². The van der Waals surface area contributed by atoms with Gasteiger partial charge in [0.1, 0.15) is 0 Å². The molecule has 2 aromatic heterocycles. The van der Waals surface area contributed by atoms with Gasteiger partial charge in [0.2, 0.25) is 0 Å². The number of aryl methyl sites for hydroxylation is 1. The average Bonchev–Trinajstić information content (AvgIpc) is 3.00. The quantitative estimate of drug-likeness (QED) is 0.837. The molecule has 0 unspecified atom stereocenters. The van der Waals surface area contributed by atoms with Crippen LogP contribution in [-0.2, 0) is 0 Å². The third-order valence-corrected chi connectivity index (χ3v) is 5.21. The second-order valence-electron chi connectivity index (χ2n) is 4.33. The molecule has 5 heteroatoms. The van der Waals surface area contributed by atoms with E-state index in [1.165, 1.54) is 31.2 Å². The molecule has 90 valence electrons. The topological polar surface area (TPSA) is 38.9 Å². The maximum atomic E-state index is 5.72. The average molecular weight is 266 g/mol. The number of hydrogen-bond donors (Lipinski definition) is 0. The Kier molecular flexibility index (Phi) is 3.20. The number of rotatable bonds is 3. The summed E-state index contributed by atoms with van der Waals surface area (Å²) < 4.78 is 5.72. The molecule has 0 saturated heterocycles. The molecule has 0 atom stereocenters. The number of thiophene rings is 1. The van der Waals surface area contributed by atoms with Crippen LogP contribution in [0, 0.1) is 6.92 Å². The van der Waals surface area contributed by atoms with Crippen molar-refractivity contribution >= 4 is 23.1 Å². The Labute approximate surface area is 109 Å². The molecule has 0 radical (unpaired) electrons. The lowest BCUT2D eigenvalue weighted by Gasteiger charge is -2.02. The minimum absolute atomic E-state index is 0.665. The Morgan fingerprint density at radius 1 is 1.35 bits per heavy atom. The summed E-state index contributed by atoms with van der Waals surface area (Å²) in [6.07, 6.45) is 5.23. The molecule has 0 aromatic carbocycles. The van der Waals surface area contributed by atoms with Gasteiger partial charge in [-0.1, -0.05) is 24.6 Å². The van der Waals surface area contributed by atoms with E-state index in [0.29, 0.717) is 11.1 Å². The van der Waals surface area contributed by atoms with Crippen molar-refractivity contribution in [1.29, 1.82) is 0 Å². The van der Waals surface area contributed by atoms with Gasteiger partial charge in [-0.3, -0.25) is 0 Å². The predicted octanol–water partition coefficient (Wildman–Crippen LogP) is 4.14. The maximum Gasteiger partial charge on any atom is 0.277 e. The zero-order chi connectivity index (χ0) is 11.7. The largest absolute Gasteiger partial charge is 0.410 e. The highest BCUT2D eigenvalue weighted by molar-refractivity contribution is 7.99. The van der Waals surface area contributed by atoms with Gasteiger partial charge in [-0.05, 0) is 36.8 Å². The smallest absolute Gasteiger partial charge is 0.277 e. The first kappa shape index (κ1) is 11.3. The molecule has 17 heavy (non-hydrogen) atoms. The summed E-state index contributed by atoms with van der Waals surface area (Å²) in [5, 5.41) is 11.7. The van der Waals surface area contributed by atoms with Crippen LogP contribution in [0.3, 0.4) is 0 Å². The number of aromatic nitrogens is 2. The van der Waals surface area contributed by atoms with E-state index in [4.69, 9.17) is 4.42 Å². The Bertz CT molecular complexity index is 500. The Hall–Kier alpha value is -0.810. The van der Waals surface area contributed by atoms with Gasteiger partial charge in [0.05, 0.1) is 4.88 Å². The monoisotopic (exact) mass is 266 g/mol. The van der Waals surface area contributed by atoms with E-state index in [1.54, 1.807) is 23.1 Å². The molecule has 2 aromatic rings. The second kappa shape index (κ2) is 4.82. The minimum atomic E-state index is 0.665. The third-order valence-electron chi connectivity index (χ3n) is 3.03. The summed E-state index contributed by atoms with van der Waals surface area (Å²) in [5.41, 5.74) is 1.20. The highest BCUT2D eigenvalue weighted by Gasteiger charge is 2.20. The van der Waals surface area contributed by atoms with Crippen molar-refractivity contribution in [2.75, 3.05) is 0 Å². The van der Waals surface area contributed by atoms with E-state index in [0.717, 1.165) is 10.1 Å². The lowest BCUT2D eigenvalue weighted by Crippen LogP contribution is -1.92. The molecule has 1 saturated carbocycles. The van der Waals surface area contributed by atoms with Gasteiger partial charge < -0.3 is 4.42 Å². The highest BCUT2D eigenvalue weighted by Crippen LogP contribution is 2.36. The fourth-order valence-corrected chi connectivity index (χ4v) is 4.00. The highest BCUT2D eigenvalue weighted by atomic mass is 32.2. The molecule has 0 spiro atoms. The van der Waals surface area contributed by atoms with Crippen LogP contribution in [0.4, 0.5) is 0 Å². The third kappa shape index (κ3) is 2.40. The van der Waals surface area contributed by atoms with Crippen LogP contribution >= 0.6 is 23.1 Å². The van der Waals surface area contributed by atoms with Crippen LogP contribution < -0.4 is 0 Å². The van der Waals surface area contributed by atoms with Crippen LogP contribution in [0.25, 0.3) is 10.8 Å². The maximum absolute atomic E-state index is 5.72. The van der Waals surface area contributed by atoms with Crippen molar-refractivity contribution in [2.45, 2.75) is 43.1 Å². The first-order valence-electron chi connectivity index (χ1n) is 5.87. The standard InChI is InChI=1S/C12H14N2OS2/c1-8-6-7-16-10(8)11-13-14-12(15-11)17-9-4-2-3-5-9/h6-7,9H,2-5H2,1H3. The van der Waals surface area contributed by atoms with Gasteiger partial charge in [-0.2, -0.15) is 0 Å². The normalized spacial score (nSPS) is 16.8. The second-order valence-corrected chi connectivity index (χ2v) is 6.50. The molecule has 3 rings (SSSR count). The van der Waals surface area contributed by atoms with Crippen LogP contribution in [0.5, 0.6) is 0 Å². The molecule has 0 amide bonds. The van der Waals surface area contributed by atoms with Gasteiger partial charge in [-0.25, -0.2) is 0 Å². The van der Waals surface area contributed by atoms with Gasteiger partial charge in [0.15, 0.2) is 0 Å². The van der Waals surface area contributed by atoms with Crippen molar-refractivity contribution in [3.05, 3.63) is 17.0 Å². The van der Waals surface area contributed by atoms with Crippen LogP contribution in [-0.4, -0.2) is 15.4 Å². The molecule has 3 nitrogen and oxygen atoms in total. The number of nitrogens with zero attached hydrogens (tertiary/aromatic N) is 2. The molecule has 0 aliphatic heterocycles. The van der Waals surface area contributed by atoms with E-state index in [-0.39, 0.29) is 0 Å². The molecule has 0 N–H and O–H groups in total. The summed E-state index contributed by atoms with van der Waals surface area (Å²) in [7, 11) is 0. The zero-order valence-electron chi connectivity index (χ0n) is 9.68. The fourth-order valence-electron chi connectivity index (χ4n) is 2.09. The van der Waals surface area contributed by atoms with Crippen molar-refractivity contribution in [3.8, 4) is 10.8 Å². The lowest BCUT2D eigenvalue weighted by molar-refractivity contribution is 0.465. The van der Waals surface area contributed by atoms with Crippen molar-refractivity contribution in [2.24, 2.45) is 0 Å². The number of hydrogen-bond acceptors (Lipinski definition) is 5. The van der Waals surface area contributed by atoms with Gasteiger partial charge in [0, 0.05) is 5.25 Å². The van der Waals surface area contributed by atoms with E-state index < -0.39 is 0 Å². The van der Waals surface area contributed by atoms with Gasteiger partial charge in [0.25, 0.3) is 11.1 Å².